The number of benzene rings is 2. The fourth-order valence-electron chi connectivity index (χ4n) is 4.48. The van der Waals surface area contributed by atoms with Crippen molar-refractivity contribution >= 4 is 17.9 Å². The van der Waals surface area contributed by atoms with Gasteiger partial charge in [-0.1, -0.05) is 24.3 Å². The molecule has 1 heterocycles. The average molecular weight is 427 g/mol. The van der Waals surface area contributed by atoms with E-state index in [4.69, 9.17) is 5.41 Å². The van der Waals surface area contributed by atoms with E-state index in [0.29, 0.717) is 5.70 Å². The van der Waals surface area contributed by atoms with Gasteiger partial charge in [0.2, 0.25) is 0 Å². The summed E-state index contributed by atoms with van der Waals surface area (Å²) < 4.78 is 2.07. The zero-order valence-corrected chi connectivity index (χ0v) is 17.8. The Morgan fingerprint density at radius 1 is 1.09 bits per heavy atom. The standard InChI is InChI=1S/C26H26N4O2/c27-15-23(26(31)32)25(17-11-12-17)29-21-8-3-6-18(13-21)19-7-4-9-22(14-19)30-24-10-2-1-5-20(24)16-28-30/h3-4,6-9,13-17,27,29H,1-2,5,10-12H2,(H,31,32)/b25-23+,27-15?. The Balaban J connectivity index is 1.46. The minimum atomic E-state index is -1.07. The molecule has 162 valence electrons. The van der Waals surface area contributed by atoms with Gasteiger partial charge in [0.1, 0.15) is 0 Å². The largest absolute Gasteiger partial charge is 0.478 e. The predicted molar refractivity (Wildman–Crippen MR) is 125 cm³/mol. The molecule has 0 atom stereocenters. The Kier molecular flexibility index (Phi) is 5.35. The van der Waals surface area contributed by atoms with Gasteiger partial charge >= 0.3 is 5.97 Å². The number of aliphatic carboxylic acids is 1. The molecule has 3 N–H and O–H groups in total. The van der Waals surface area contributed by atoms with Crippen molar-refractivity contribution in [1.29, 1.82) is 5.41 Å². The van der Waals surface area contributed by atoms with Crippen molar-refractivity contribution in [3.8, 4) is 16.8 Å². The highest BCUT2D eigenvalue weighted by molar-refractivity contribution is 6.08. The molecule has 5 rings (SSSR count). The van der Waals surface area contributed by atoms with Crippen LogP contribution >= 0.6 is 0 Å². The number of aromatic nitrogens is 2. The van der Waals surface area contributed by atoms with Gasteiger partial charge in [-0.15, -0.1) is 0 Å². The number of hydrogen-bond donors (Lipinski definition) is 3. The number of fused-ring (bicyclic) bond motifs is 1. The van der Waals surface area contributed by atoms with Gasteiger partial charge in [0.25, 0.3) is 0 Å². The zero-order chi connectivity index (χ0) is 22.1. The molecular weight excluding hydrogens is 400 g/mol. The highest BCUT2D eigenvalue weighted by atomic mass is 16.4. The van der Waals surface area contributed by atoms with E-state index in [0.717, 1.165) is 54.4 Å². The van der Waals surface area contributed by atoms with Crippen LogP contribution in [0, 0.1) is 11.3 Å². The SMILES string of the molecule is N=C/C(C(=O)O)=C(\Nc1cccc(-c2cccc(-n3ncc4c3CCCC4)c2)c1)C1CC1. The van der Waals surface area contributed by atoms with Gasteiger partial charge in [0, 0.05) is 23.3 Å². The molecule has 0 unspecified atom stereocenters. The molecule has 0 spiro atoms. The molecule has 6 nitrogen and oxygen atoms in total. The van der Waals surface area contributed by atoms with E-state index in [1.165, 1.54) is 24.1 Å². The van der Waals surface area contributed by atoms with Crippen LogP contribution < -0.4 is 5.32 Å². The third-order valence-electron chi connectivity index (χ3n) is 6.28. The van der Waals surface area contributed by atoms with Gasteiger partial charge in [-0.05, 0) is 85.4 Å². The number of nitrogens with one attached hydrogen (secondary N) is 2. The van der Waals surface area contributed by atoms with Gasteiger partial charge in [-0.2, -0.15) is 5.10 Å². The van der Waals surface area contributed by atoms with Crippen molar-refractivity contribution < 1.29 is 9.90 Å². The lowest BCUT2D eigenvalue weighted by Gasteiger charge is -2.15. The Hall–Kier alpha value is -3.67. The maximum absolute atomic E-state index is 11.6. The van der Waals surface area contributed by atoms with Crippen LogP contribution in [0.5, 0.6) is 0 Å². The molecule has 2 aliphatic rings. The van der Waals surface area contributed by atoms with Crippen LogP contribution in [0.1, 0.15) is 36.9 Å². The number of anilines is 1. The van der Waals surface area contributed by atoms with Gasteiger partial charge in [-0.25, -0.2) is 9.48 Å². The van der Waals surface area contributed by atoms with Crippen LogP contribution in [0.2, 0.25) is 0 Å². The number of allylic oxidation sites excluding steroid dienone is 1. The van der Waals surface area contributed by atoms with Crippen molar-refractivity contribution in [2.45, 2.75) is 38.5 Å². The van der Waals surface area contributed by atoms with E-state index >= 15 is 0 Å². The maximum atomic E-state index is 11.6. The van der Waals surface area contributed by atoms with Crippen molar-refractivity contribution in [1.82, 2.24) is 9.78 Å². The van der Waals surface area contributed by atoms with E-state index in [2.05, 4.69) is 45.4 Å². The van der Waals surface area contributed by atoms with E-state index in [1.807, 2.05) is 24.4 Å². The monoisotopic (exact) mass is 426 g/mol. The van der Waals surface area contributed by atoms with Crippen molar-refractivity contribution in [2.75, 3.05) is 5.32 Å². The number of carboxylic acids is 1. The summed E-state index contributed by atoms with van der Waals surface area (Å²) in [5.74, 6) is -0.888. The van der Waals surface area contributed by atoms with Gasteiger partial charge in [0.15, 0.2) is 0 Å². The summed E-state index contributed by atoms with van der Waals surface area (Å²) in [6, 6.07) is 16.4. The molecule has 1 aromatic heterocycles. The van der Waals surface area contributed by atoms with Crippen LogP contribution in [0.3, 0.4) is 0 Å². The molecular formula is C26H26N4O2. The second kappa shape index (κ2) is 8.46. The molecule has 0 aliphatic heterocycles. The molecule has 1 saturated carbocycles. The predicted octanol–water partition coefficient (Wildman–Crippen LogP) is 5.23. The lowest BCUT2D eigenvalue weighted by Crippen LogP contribution is -2.13. The lowest BCUT2D eigenvalue weighted by molar-refractivity contribution is -0.132. The highest BCUT2D eigenvalue weighted by Gasteiger charge is 2.30. The van der Waals surface area contributed by atoms with E-state index in [-0.39, 0.29) is 11.5 Å². The van der Waals surface area contributed by atoms with Crippen LogP contribution in [0.4, 0.5) is 5.69 Å². The van der Waals surface area contributed by atoms with E-state index in [9.17, 15) is 9.90 Å². The molecule has 0 saturated heterocycles. The number of rotatable bonds is 7. The molecule has 1 fully saturated rings. The quantitative estimate of drug-likeness (QED) is 0.356. The Morgan fingerprint density at radius 3 is 2.59 bits per heavy atom. The van der Waals surface area contributed by atoms with Crippen molar-refractivity contribution in [3.63, 3.8) is 0 Å². The third kappa shape index (κ3) is 3.96. The van der Waals surface area contributed by atoms with Crippen LogP contribution in [-0.2, 0) is 17.6 Å². The topological polar surface area (TPSA) is 91.0 Å². The first kappa shape index (κ1) is 20.2. The van der Waals surface area contributed by atoms with E-state index < -0.39 is 5.97 Å². The Bertz CT molecular complexity index is 1220. The molecule has 2 aromatic carbocycles. The minimum absolute atomic E-state index is 0.0309. The summed E-state index contributed by atoms with van der Waals surface area (Å²) in [7, 11) is 0. The Labute approximate surface area is 187 Å². The van der Waals surface area contributed by atoms with Crippen LogP contribution in [0.15, 0.2) is 66.0 Å². The van der Waals surface area contributed by atoms with Crippen LogP contribution in [0.25, 0.3) is 16.8 Å². The van der Waals surface area contributed by atoms with Gasteiger partial charge in [0.05, 0.1) is 17.5 Å². The summed E-state index contributed by atoms with van der Waals surface area (Å²) >= 11 is 0. The summed E-state index contributed by atoms with van der Waals surface area (Å²) in [5, 5.41) is 25.0. The summed E-state index contributed by atoms with van der Waals surface area (Å²) in [6.07, 6.45) is 9.43. The maximum Gasteiger partial charge on any atom is 0.339 e. The fraction of sp³-hybridized carbons (Fsp3) is 0.269. The smallest absolute Gasteiger partial charge is 0.339 e. The number of nitrogens with zero attached hydrogens (tertiary/aromatic N) is 2. The molecule has 2 aliphatic carbocycles. The highest BCUT2D eigenvalue weighted by Crippen LogP contribution is 2.38. The second-order valence-electron chi connectivity index (χ2n) is 8.54. The molecule has 0 bridgehead atoms. The first-order valence-corrected chi connectivity index (χ1v) is 11.2. The first-order chi connectivity index (χ1) is 15.6. The number of aryl methyl sites for hydroxylation is 1. The zero-order valence-electron chi connectivity index (χ0n) is 17.8. The second-order valence-corrected chi connectivity index (χ2v) is 8.54. The molecule has 32 heavy (non-hydrogen) atoms. The molecule has 6 heteroatoms. The molecule has 0 amide bonds. The lowest BCUT2D eigenvalue weighted by atomic mass is 9.98. The molecule has 3 aromatic rings. The van der Waals surface area contributed by atoms with E-state index in [1.54, 1.807) is 0 Å². The minimum Gasteiger partial charge on any atom is -0.478 e. The van der Waals surface area contributed by atoms with Crippen molar-refractivity contribution in [2.24, 2.45) is 5.92 Å². The number of hydrogen-bond acceptors (Lipinski definition) is 4. The molecule has 0 radical (unpaired) electrons. The van der Waals surface area contributed by atoms with Crippen molar-refractivity contribution in [3.05, 3.63) is 77.3 Å². The number of carbonyl (C=O) groups is 1. The normalized spacial score (nSPS) is 16.1. The summed E-state index contributed by atoms with van der Waals surface area (Å²) in [6.45, 7) is 0. The van der Waals surface area contributed by atoms with Gasteiger partial charge < -0.3 is 15.8 Å². The first-order valence-electron chi connectivity index (χ1n) is 11.2. The third-order valence-corrected chi connectivity index (χ3v) is 6.28. The van der Waals surface area contributed by atoms with Crippen LogP contribution in [-0.4, -0.2) is 27.1 Å². The number of carboxylic acid groups (broad SMARTS) is 1. The average Bonchev–Trinajstić information content (AvgIpc) is 3.57. The Morgan fingerprint density at radius 2 is 1.84 bits per heavy atom. The summed E-state index contributed by atoms with van der Waals surface area (Å²) in [5.41, 5.74) is 7.33. The summed E-state index contributed by atoms with van der Waals surface area (Å²) in [4.78, 5) is 11.6. The fourth-order valence-corrected chi connectivity index (χ4v) is 4.48. The van der Waals surface area contributed by atoms with Gasteiger partial charge in [-0.3, -0.25) is 0 Å².